The van der Waals surface area contributed by atoms with E-state index in [9.17, 15) is 9.32 Å². The van der Waals surface area contributed by atoms with Gasteiger partial charge in [-0.3, -0.25) is 4.21 Å². The number of nitrogens with one attached hydrogen (secondary N) is 1. The molecule has 2 aliphatic carbocycles. The lowest BCUT2D eigenvalue weighted by Gasteiger charge is -2.42. The Bertz CT molecular complexity index is 1070. The second-order valence-corrected chi connectivity index (χ2v) is 11.9. The lowest BCUT2D eigenvalue weighted by molar-refractivity contribution is 0.143. The second kappa shape index (κ2) is 8.43. The molecular weight excluding hydrogens is 460 g/mol. The van der Waals surface area contributed by atoms with E-state index >= 15 is 0 Å². The number of piperidine rings is 1. The fraction of sp³-hybridized carbons (Fsp3) is 0.652. The topological polar surface area (TPSA) is 104 Å². The summed E-state index contributed by atoms with van der Waals surface area (Å²) in [4.78, 5) is 21.8. The van der Waals surface area contributed by atoms with Crippen LogP contribution in [0.3, 0.4) is 0 Å². The summed E-state index contributed by atoms with van der Waals surface area (Å²) < 4.78 is 13.4. The van der Waals surface area contributed by atoms with Crippen LogP contribution in [0.5, 0.6) is 0 Å². The monoisotopic (exact) mass is 488 g/mol. The summed E-state index contributed by atoms with van der Waals surface area (Å²) in [7, 11) is -1.09. The largest absolute Gasteiger partial charge is 0.394 e. The predicted molar refractivity (Wildman–Crippen MR) is 127 cm³/mol. The molecule has 2 saturated carbocycles. The number of aromatic nitrogens is 4. The molecule has 2 N–H and O–H groups in total. The van der Waals surface area contributed by atoms with Crippen molar-refractivity contribution in [1.29, 1.82) is 0 Å². The van der Waals surface area contributed by atoms with E-state index in [0.717, 1.165) is 80.9 Å². The molecule has 8 nitrogen and oxygen atoms in total. The van der Waals surface area contributed by atoms with E-state index in [1.807, 2.05) is 0 Å². The zero-order chi connectivity index (χ0) is 22.6. The van der Waals surface area contributed by atoms with Crippen LogP contribution in [-0.4, -0.2) is 59.7 Å². The molecule has 33 heavy (non-hydrogen) atoms. The summed E-state index contributed by atoms with van der Waals surface area (Å²) in [6, 6.07) is 0. The molecular formula is C23H29ClN6O2S. The zero-order valence-electron chi connectivity index (χ0n) is 18.5. The zero-order valence-corrected chi connectivity index (χ0v) is 20.1. The molecule has 0 amide bonds. The first-order valence-corrected chi connectivity index (χ1v) is 13.6. The normalized spacial score (nSPS) is 28.3. The third-order valence-corrected chi connectivity index (χ3v) is 10.1. The van der Waals surface area contributed by atoms with Crippen molar-refractivity contribution in [2.75, 3.05) is 29.9 Å². The van der Waals surface area contributed by atoms with Crippen molar-refractivity contribution in [1.82, 2.24) is 19.9 Å². The molecule has 2 aromatic rings. The van der Waals surface area contributed by atoms with Gasteiger partial charge in [-0.2, -0.15) is 4.98 Å². The van der Waals surface area contributed by atoms with Crippen LogP contribution in [0, 0.1) is 0 Å². The Labute approximate surface area is 201 Å². The molecule has 3 atom stereocenters. The summed E-state index contributed by atoms with van der Waals surface area (Å²) in [6.45, 7) is 1.70. The lowest BCUT2D eigenvalue weighted by atomic mass is 9.77. The van der Waals surface area contributed by atoms with Crippen LogP contribution in [0.4, 0.5) is 11.8 Å². The van der Waals surface area contributed by atoms with Gasteiger partial charge in [0.15, 0.2) is 0 Å². The molecule has 0 bridgehead atoms. The van der Waals surface area contributed by atoms with Gasteiger partial charge in [0.05, 0.1) is 33.7 Å². The van der Waals surface area contributed by atoms with Gasteiger partial charge >= 0.3 is 0 Å². The van der Waals surface area contributed by atoms with Gasteiger partial charge in [-0.1, -0.05) is 18.0 Å². The van der Waals surface area contributed by atoms with Gasteiger partial charge in [0.2, 0.25) is 5.95 Å². The highest BCUT2D eigenvalue weighted by Gasteiger charge is 2.47. The number of rotatable bonds is 5. The van der Waals surface area contributed by atoms with E-state index in [1.54, 1.807) is 12.4 Å². The number of fused-ring (bicyclic) bond motifs is 3. The Morgan fingerprint density at radius 3 is 2.55 bits per heavy atom. The highest BCUT2D eigenvalue weighted by molar-refractivity contribution is 7.86. The molecule has 0 radical (unpaired) electrons. The predicted octanol–water partition coefficient (Wildman–Crippen LogP) is 3.39. The van der Waals surface area contributed by atoms with Gasteiger partial charge in [0.25, 0.3) is 0 Å². The van der Waals surface area contributed by atoms with Crippen molar-refractivity contribution >= 4 is 34.2 Å². The maximum Gasteiger partial charge on any atom is 0.227 e. The summed E-state index contributed by atoms with van der Waals surface area (Å²) in [6.07, 6.45) is 11.2. The molecule has 0 aromatic carbocycles. The van der Waals surface area contributed by atoms with Crippen LogP contribution >= 0.6 is 11.6 Å². The smallest absolute Gasteiger partial charge is 0.227 e. The fourth-order valence-electron chi connectivity index (χ4n) is 5.83. The Hall–Kier alpha value is -1.84. The van der Waals surface area contributed by atoms with Gasteiger partial charge in [-0.15, -0.1) is 0 Å². The van der Waals surface area contributed by atoms with Crippen LogP contribution in [0.15, 0.2) is 17.3 Å². The maximum atomic E-state index is 13.4. The first-order valence-electron chi connectivity index (χ1n) is 12.0. The van der Waals surface area contributed by atoms with Crippen LogP contribution < -0.4 is 10.2 Å². The number of hydrogen-bond acceptors (Lipinski definition) is 8. The fourth-order valence-corrected chi connectivity index (χ4v) is 7.86. The molecule has 10 heteroatoms. The van der Waals surface area contributed by atoms with E-state index in [0.29, 0.717) is 22.7 Å². The lowest BCUT2D eigenvalue weighted by Crippen LogP contribution is -2.49. The van der Waals surface area contributed by atoms with Crippen molar-refractivity contribution in [3.8, 4) is 0 Å². The molecule has 2 aromatic heterocycles. The van der Waals surface area contributed by atoms with Crippen LogP contribution in [0.25, 0.3) is 0 Å². The number of anilines is 2. The van der Waals surface area contributed by atoms with Gasteiger partial charge < -0.3 is 15.3 Å². The highest BCUT2D eigenvalue weighted by Crippen LogP contribution is 2.50. The Kier molecular flexibility index (Phi) is 5.54. The number of aliphatic hydroxyl groups excluding tert-OH is 1. The molecule has 6 rings (SSSR count). The molecule has 4 aliphatic rings. The Morgan fingerprint density at radius 1 is 1.12 bits per heavy atom. The Balaban J connectivity index is 1.29. The van der Waals surface area contributed by atoms with E-state index in [4.69, 9.17) is 21.6 Å². The van der Waals surface area contributed by atoms with Gasteiger partial charge in [0, 0.05) is 42.6 Å². The minimum Gasteiger partial charge on any atom is -0.394 e. The average molecular weight is 489 g/mol. The molecule has 0 spiro atoms. The van der Waals surface area contributed by atoms with Crippen LogP contribution in [0.1, 0.15) is 74.7 Å². The molecule has 3 fully saturated rings. The Morgan fingerprint density at radius 2 is 1.88 bits per heavy atom. The van der Waals surface area contributed by atoms with Crippen molar-refractivity contribution < 1.29 is 9.32 Å². The first kappa shape index (κ1) is 21.7. The van der Waals surface area contributed by atoms with Crippen molar-refractivity contribution in [2.45, 2.75) is 78.9 Å². The summed E-state index contributed by atoms with van der Waals surface area (Å²) in [5, 5.41) is 14.3. The van der Waals surface area contributed by atoms with E-state index in [1.165, 1.54) is 0 Å². The maximum absolute atomic E-state index is 13.4. The molecule has 176 valence electrons. The number of nitrogens with zero attached hydrogens (tertiary/aromatic N) is 5. The molecule has 1 saturated heterocycles. The highest BCUT2D eigenvalue weighted by atomic mass is 35.5. The van der Waals surface area contributed by atoms with Crippen LogP contribution in [0.2, 0.25) is 5.02 Å². The van der Waals surface area contributed by atoms with Crippen LogP contribution in [-0.2, 0) is 10.8 Å². The molecule has 2 aliphatic heterocycles. The quantitative estimate of drug-likeness (QED) is 0.660. The third-order valence-electron chi connectivity index (χ3n) is 7.94. The average Bonchev–Trinajstić information content (AvgIpc) is 3.40. The summed E-state index contributed by atoms with van der Waals surface area (Å²) in [5.41, 5.74) is 0.624. The molecule has 2 unspecified atom stereocenters. The number of halogens is 1. The second-order valence-electron chi connectivity index (χ2n) is 9.90. The number of hydrogen-bond donors (Lipinski definition) is 2. The van der Waals surface area contributed by atoms with E-state index < -0.39 is 10.8 Å². The van der Waals surface area contributed by atoms with E-state index in [-0.39, 0.29) is 23.3 Å². The van der Waals surface area contributed by atoms with E-state index in [2.05, 4.69) is 20.2 Å². The summed E-state index contributed by atoms with van der Waals surface area (Å²) >= 11 is 5.94. The number of aliphatic hydroxyl groups is 1. The van der Waals surface area contributed by atoms with Crippen molar-refractivity contribution in [2.24, 2.45) is 0 Å². The summed E-state index contributed by atoms with van der Waals surface area (Å²) in [5.74, 6) is 2.79. The first-order chi connectivity index (χ1) is 16.1. The minimum absolute atomic E-state index is 0.0626. The SMILES string of the molecule is O=[S@@]1c2c(NC3(CO)CCC3)nc(N3CCC(c4ncc(Cl)cn4)CC3)nc2C2CCCC21. The van der Waals surface area contributed by atoms with Gasteiger partial charge in [-0.25, -0.2) is 15.0 Å². The minimum atomic E-state index is -1.09. The standard InChI is InChI=1S/C23H29ClN6O2S/c24-15-11-25-20(26-12-15)14-5-9-30(10-6-14)22-27-18-16-3-1-4-17(16)33(32)19(18)21(28-22)29-23(13-31)7-2-8-23/h11-12,14,16-17,31H,1-10,13H2,(H,27,28,29)/t16?,17?,33-/m0/s1. The van der Waals surface area contributed by atoms with Gasteiger partial charge in [0.1, 0.15) is 16.5 Å². The van der Waals surface area contributed by atoms with Crippen molar-refractivity contribution in [3.05, 3.63) is 28.9 Å². The van der Waals surface area contributed by atoms with Gasteiger partial charge in [-0.05, 0) is 44.9 Å². The van der Waals surface area contributed by atoms with Crippen molar-refractivity contribution in [3.63, 3.8) is 0 Å². The molecule has 4 heterocycles. The third kappa shape index (κ3) is 3.72.